The molecule has 1 N–H and O–H groups in total. The van der Waals surface area contributed by atoms with E-state index >= 15 is 0 Å². The van der Waals surface area contributed by atoms with E-state index in [4.69, 9.17) is 9.15 Å². The molecule has 1 unspecified atom stereocenters. The van der Waals surface area contributed by atoms with Gasteiger partial charge in [-0.3, -0.25) is 0 Å². The van der Waals surface area contributed by atoms with Crippen molar-refractivity contribution in [3.63, 3.8) is 0 Å². The lowest BCUT2D eigenvalue weighted by Crippen LogP contribution is -2.29. The number of nitrogens with zero attached hydrogens (tertiary/aromatic N) is 2. The third kappa shape index (κ3) is 3.87. The van der Waals surface area contributed by atoms with E-state index in [2.05, 4.69) is 5.10 Å². The number of hydrogen-bond donors (Lipinski definition) is 1. The summed E-state index contributed by atoms with van der Waals surface area (Å²) >= 11 is 0. The van der Waals surface area contributed by atoms with Crippen LogP contribution < -0.4 is 10.5 Å². The van der Waals surface area contributed by atoms with Crippen LogP contribution in [0.5, 0.6) is 5.75 Å². The normalized spacial score (nSPS) is 12.0. The number of hydrogen-bond acceptors (Lipinski definition) is 5. The number of rotatable bonds is 6. The SMILES string of the molecule is O=c1oc(-c2ccccc2)nn1CC(O)COc1ccccc1. The van der Waals surface area contributed by atoms with Gasteiger partial charge in [-0.15, -0.1) is 5.10 Å². The molecule has 0 aliphatic carbocycles. The first-order chi connectivity index (χ1) is 11.2. The summed E-state index contributed by atoms with van der Waals surface area (Å²) in [5, 5.41) is 14.1. The number of aliphatic hydroxyl groups is 1. The van der Waals surface area contributed by atoms with Crippen LogP contribution in [0.4, 0.5) is 0 Å². The van der Waals surface area contributed by atoms with Crippen LogP contribution in [0, 0.1) is 0 Å². The molecule has 0 saturated carbocycles. The molecule has 1 heterocycles. The molecule has 0 fully saturated rings. The Bertz CT molecular complexity index is 796. The van der Waals surface area contributed by atoms with E-state index in [-0.39, 0.29) is 19.0 Å². The predicted molar refractivity (Wildman–Crippen MR) is 84.1 cm³/mol. The van der Waals surface area contributed by atoms with Gasteiger partial charge in [0, 0.05) is 5.56 Å². The maximum Gasteiger partial charge on any atom is 0.437 e. The van der Waals surface area contributed by atoms with Gasteiger partial charge in [-0.25, -0.2) is 4.79 Å². The average Bonchev–Trinajstić information content (AvgIpc) is 2.95. The van der Waals surface area contributed by atoms with Crippen molar-refractivity contribution in [1.29, 1.82) is 0 Å². The van der Waals surface area contributed by atoms with Crippen LogP contribution in [0.25, 0.3) is 11.5 Å². The zero-order valence-electron chi connectivity index (χ0n) is 12.3. The van der Waals surface area contributed by atoms with Gasteiger partial charge in [0.1, 0.15) is 18.5 Å². The van der Waals surface area contributed by atoms with Crippen molar-refractivity contribution in [3.8, 4) is 17.2 Å². The number of aliphatic hydroxyl groups excluding tert-OH is 1. The van der Waals surface area contributed by atoms with Crippen molar-refractivity contribution in [2.45, 2.75) is 12.6 Å². The zero-order chi connectivity index (χ0) is 16.1. The molecule has 1 aromatic heterocycles. The second-order valence-corrected chi connectivity index (χ2v) is 5.00. The van der Waals surface area contributed by atoms with Crippen LogP contribution in [-0.2, 0) is 6.54 Å². The standard InChI is InChI=1S/C17H16N2O4/c20-14(12-22-15-9-5-2-6-10-15)11-19-17(21)23-16(18-19)13-7-3-1-4-8-13/h1-10,14,20H,11-12H2. The Hall–Kier alpha value is -2.86. The lowest BCUT2D eigenvalue weighted by Gasteiger charge is -2.11. The smallest absolute Gasteiger partial charge is 0.437 e. The summed E-state index contributed by atoms with van der Waals surface area (Å²) in [5.74, 6) is 0.276. The Balaban J connectivity index is 1.64. The minimum Gasteiger partial charge on any atom is -0.491 e. The van der Waals surface area contributed by atoms with Crippen LogP contribution in [-0.4, -0.2) is 27.6 Å². The maximum atomic E-state index is 11.8. The highest BCUT2D eigenvalue weighted by Gasteiger charge is 2.14. The molecule has 6 heteroatoms. The maximum absolute atomic E-state index is 11.8. The highest BCUT2D eigenvalue weighted by molar-refractivity contribution is 5.51. The number of ether oxygens (including phenoxy) is 1. The summed E-state index contributed by atoms with van der Waals surface area (Å²) in [6.45, 7) is 0.0615. The summed E-state index contributed by atoms with van der Waals surface area (Å²) in [6, 6.07) is 18.3. The second-order valence-electron chi connectivity index (χ2n) is 5.00. The first-order valence-corrected chi connectivity index (χ1v) is 7.21. The van der Waals surface area contributed by atoms with Crippen LogP contribution in [0.15, 0.2) is 69.9 Å². The van der Waals surface area contributed by atoms with Crippen LogP contribution >= 0.6 is 0 Å². The molecule has 0 amide bonds. The van der Waals surface area contributed by atoms with Gasteiger partial charge in [-0.1, -0.05) is 36.4 Å². The van der Waals surface area contributed by atoms with Crippen molar-refractivity contribution < 1.29 is 14.3 Å². The quantitative estimate of drug-likeness (QED) is 0.752. The number of aromatic nitrogens is 2. The predicted octanol–water partition coefficient (Wildman–Crippen LogP) is 1.94. The fourth-order valence-corrected chi connectivity index (χ4v) is 2.08. The van der Waals surface area contributed by atoms with E-state index in [1.165, 1.54) is 0 Å². The van der Waals surface area contributed by atoms with Crippen LogP contribution in [0.3, 0.4) is 0 Å². The lowest BCUT2D eigenvalue weighted by atomic mass is 10.2. The molecule has 0 saturated heterocycles. The first kappa shape index (κ1) is 15.1. The van der Waals surface area contributed by atoms with Gasteiger partial charge in [-0.05, 0) is 24.3 Å². The summed E-state index contributed by atoms with van der Waals surface area (Å²) in [4.78, 5) is 11.8. The Morgan fingerprint density at radius 3 is 2.43 bits per heavy atom. The summed E-state index contributed by atoms with van der Waals surface area (Å²) in [6.07, 6.45) is -0.873. The molecule has 0 spiro atoms. The Morgan fingerprint density at radius 2 is 1.74 bits per heavy atom. The lowest BCUT2D eigenvalue weighted by molar-refractivity contribution is 0.0875. The molecule has 3 aromatic rings. The highest BCUT2D eigenvalue weighted by atomic mass is 16.5. The monoisotopic (exact) mass is 312 g/mol. The molecular weight excluding hydrogens is 296 g/mol. The molecule has 0 aliphatic rings. The number of benzene rings is 2. The summed E-state index contributed by atoms with van der Waals surface area (Å²) in [7, 11) is 0. The third-order valence-electron chi connectivity index (χ3n) is 3.20. The minimum absolute atomic E-state index is 0.00198. The Labute approximate surface area is 132 Å². The van der Waals surface area contributed by atoms with Gasteiger partial charge >= 0.3 is 5.76 Å². The van der Waals surface area contributed by atoms with Crippen molar-refractivity contribution in [3.05, 3.63) is 71.2 Å². The largest absolute Gasteiger partial charge is 0.491 e. The van der Waals surface area contributed by atoms with E-state index in [0.29, 0.717) is 11.3 Å². The summed E-state index contributed by atoms with van der Waals surface area (Å²) < 4.78 is 11.7. The Kier molecular flexibility index (Phi) is 4.54. The van der Waals surface area contributed by atoms with Crippen LogP contribution in [0.2, 0.25) is 0 Å². The molecule has 6 nitrogen and oxygen atoms in total. The number of para-hydroxylation sites is 1. The van der Waals surface area contributed by atoms with Gasteiger partial charge in [0.15, 0.2) is 0 Å². The fraction of sp³-hybridized carbons (Fsp3) is 0.176. The van der Waals surface area contributed by atoms with Crippen molar-refractivity contribution in [2.24, 2.45) is 0 Å². The topological polar surface area (TPSA) is 77.5 Å². The molecule has 3 rings (SSSR count). The van der Waals surface area contributed by atoms with E-state index in [0.717, 1.165) is 4.68 Å². The van der Waals surface area contributed by atoms with E-state index in [9.17, 15) is 9.90 Å². The molecule has 118 valence electrons. The van der Waals surface area contributed by atoms with Gasteiger partial charge in [0.05, 0.1) is 6.54 Å². The average molecular weight is 312 g/mol. The minimum atomic E-state index is -0.873. The van der Waals surface area contributed by atoms with Crippen LogP contribution in [0.1, 0.15) is 0 Å². The van der Waals surface area contributed by atoms with Gasteiger partial charge in [0.25, 0.3) is 0 Å². The fourth-order valence-electron chi connectivity index (χ4n) is 2.08. The molecule has 1 atom stereocenters. The summed E-state index contributed by atoms with van der Waals surface area (Å²) in [5.41, 5.74) is 0.707. The highest BCUT2D eigenvalue weighted by Crippen LogP contribution is 2.14. The molecular formula is C17H16N2O4. The van der Waals surface area contributed by atoms with Crippen molar-refractivity contribution in [2.75, 3.05) is 6.61 Å². The molecule has 0 bridgehead atoms. The van der Waals surface area contributed by atoms with Gasteiger partial charge in [-0.2, -0.15) is 4.68 Å². The second kappa shape index (κ2) is 6.93. The van der Waals surface area contributed by atoms with E-state index in [1.54, 1.807) is 24.3 Å². The molecule has 0 aliphatic heterocycles. The van der Waals surface area contributed by atoms with Gasteiger partial charge in [0.2, 0.25) is 5.89 Å². The molecule has 23 heavy (non-hydrogen) atoms. The molecule has 0 radical (unpaired) electrons. The van der Waals surface area contributed by atoms with Gasteiger partial charge < -0.3 is 14.3 Å². The van der Waals surface area contributed by atoms with Crippen molar-refractivity contribution >= 4 is 0 Å². The zero-order valence-corrected chi connectivity index (χ0v) is 12.3. The van der Waals surface area contributed by atoms with Crippen molar-refractivity contribution in [1.82, 2.24) is 9.78 Å². The third-order valence-corrected chi connectivity index (χ3v) is 3.20. The van der Waals surface area contributed by atoms with E-state index < -0.39 is 11.9 Å². The Morgan fingerprint density at radius 1 is 1.09 bits per heavy atom. The first-order valence-electron chi connectivity index (χ1n) is 7.21. The molecule has 2 aromatic carbocycles. The van der Waals surface area contributed by atoms with E-state index in [1.807, 2.05) is 36.4 Å².